The molecule has 11 heteroatoms. The molecular weight excluding hydrogens is 293 g/mol. The highest BCUT2D eigenvalue weighted by atomic mass is 31.2. The highest BCUT2D eigenvalue weighted by molar-refractivity contribution is 7.44. The van der Waals surface area contributed by atoms with Crippen LogP contribution in [0.25, 0.3) is 0 Å². The quantitative estimate of drug-likeness (QED) is 0.516. The third-order valence-electron chi connectivity index (χ3n) is 2.75. The summed E-state index contributed by atoms with van der Waals surface area (Å²) in [5.74, 6) is 0. The molecule has 10 nitrogen and oxygen atoms in total. The number of rotatable bonds is 4. The lowest BCUT2D eigenvalue weighted by Crippen LogP contribution is -2.27. The van der Waals surface area contributed by atoms with Crippen molar-refractivity contribution in [1.82, 2.24) is 9.55 Å². The predicted octanol–water partition coefficient (Wildman–Crippen LogP) is -2.44. The summed E-state index contributed by atoms with van der Waals surface area (Å²) in [5, 5.41) is 28.5. The first-order valence-corrected chi connectivity index (χ1v) is 7.08. The van der Waals surface area contributed by atoms with Crippen molar-refractivity contribution < 1.29 is 33.8 Å². The number of ether oxygens (including phenoxy) is 1. The Morgan fingerprint density at radius 2 is 2.40 bits per heavy atom. The van der Waals surface area contributed by atoms with Crippen molar-refractivity contribution in [2.75, 3.05) is 6.61 Å². The van der Waals surface area contributed by atoms with Crippen LogP contribution in [0.15, 0.2) is 12.3 Å². The first-order valence-electron chi connectivity index (χ1n) is 5.59. The Morgan fingerprint density at radius 3 is 3.00 bits per heavy atom. The van der Waals surface area contributed by atoms with Crippen LogP contribution in [0.5, 0.6) is 6.01 Å². The van der Waals surface area contributed by atoms with Crippen LogP contribution in [0.3, 0.4) is 0 Å². The van der Waals surface area contributed by atoms with Gasteiger partial charge in [0.1, 0.15) is 17.8 Å². The standard InChI is InChI=1S/C9H14N3O7P/c10-7-1-2-12(9(14)11-7)8-3-5(13)6(19-8)4-18-20(15,16)17/h1-2,5-6,8,13H,3-4H2,(H2,10,11,14)(H2,15,16,17)/p-2/t5-,6+,8+/m0/s1. The van der Waals surface area contributed by atoms with Crippen molar-refractivity contribution in [1.29, 1.82) is 5.41 Å². The molecule has 0 radical (unpaired) electrons. The zero-order valence-electron chi connectivity index (χ0n) is 10.1. The molecule has 0 bridgehead atoms. The topological polar surface area (TPSA) is 164 Å². The number of phosphoric ester groups is 1. The molecule has 0 aliphatic carbocycles. The minimum atomic E-state index is -4.90. The Kier molecular flexibility index (Phi) is 4.23. The van der Waals surface area contributed by atoms with E-state index in [1.54, 1.807) is 0 Å². The molecule has 1 fully saturated rings. The largest absolute Gasteiger partial charge is 0.846 e. The zero-order chi connectivity index (χ0) is 14.9. The molecule has 0 amide bonds. The highest BCUT2D eigenvalue weighted by Crippen LogP contribution is 2.35. The van der Waals surface area contributed by atoms with Gasteiger partial charge in [0, 0.05) is 12.6 Å². The summed E-state index contributed by atoms with van der Waals surface area (Å²) in [6, 6.07) is 0.563. The average molecular weight is 305 g/mol. The van der Waals surface area contributed by atoms with E-state index in [1.165, 1.54) is 12.3 Å². The Morgan fingerprint density at radius 1 is 1.70 bits per heavy atom. The molecule has 0 saturated carbocycles. The van der Waals surface area contributed by atoms with E-state index in [9.17, 15) is 19.7 Å². The maximum Gasteiger partial charge on any atom is 0.265 e. The van der Waals surface area contributed by atoms with Crippen LogP contribution in [0.1, 0.15) is 12.6 Å². The molecule has 1 aromatic rings. The van der Waals surface area contributed by atoms with Gasteiger partial charge in [-0.05, 0) is 6.07 Å². The lowest BCUT2D eigenvalue weighted by atomic mass is 10.2. The molecule has 1 aliphatic heterocycles. The molecular formula is C9H12N3O7P-2. The molecule has 0 spiro atoms. The fraction of sp³-hybridized carbons (Fsp3) is 0.556. The fourth-order valence-electron chi connectivity index (χ4n) is 1.84. The number of aliphatic hydroxyl groups excluding tert-OH is 1. The van der Waals surface area contributed by atoms with E-state index in [-0.39, 0.29) is 11.9 Å². The van der Waals surface area contributed by atoms with Crippen molar-refractivity contribution >= 4 is 7.82 Å². The van der Waals surface area contributed by atoms with Crippen molar-refractivity contribution in [2.45, 2.75) is 24.9 Å². The van der Waals surface area contributed by atoms with Gasteiger partial charge >= 0.3 is 0 Å². The van der Waals surface area contributed by atoms with E-state index in [2.05, 4.69) is 9.51 Å². The van der Waals surface area contributed by atoms with Crippen molar-refractivity contribution in [3.8, 4) is 6.01 Å². The van der Waals surface area contributed by atoms with Gasteiger partial charge in [-0.25, -0.2) is 4.98 Å². The SMILES string of the molecule is N=c1ccn([C@H]2C[C@H](O)[C@@H](COP(=O)([O-])O)O2)c([O-])n1. The van der Waals surface area contributed by atoms with Crippen molar-refractivity contribution in [2.24, 2.45) is 0 Å². The first-order chi connectivity index (χ1) is 9.26. The summed E-state index contributed by atoms with van der Waals surface area (Å²) in [7, 11) is -4.90. The van der Waals surface area contributed by atoms with Crippen LogP contribution in [0.4, 0.5) is 0 Å². The van der Waals surface area contributed by atoms with Gasteiger partial charge in [-0.2, -0.15) is 0 Å². The molecule has 1 unspecified atom stereocenters. The summed E-state index contributed by atoms with van der Waals surface area (Å²) in [6.07, 6.45) is -1.58. The third kappa shape index (κ3) is 3.63. The second kappa shape index (κ2) is 5.60. The summed E-state index contributed by atoms with van der Waals surface area (Å²) >= 11 is 0. The zero-order valence-corrected chi connectivity index (χ0v) is 11.0. The molecule has 1 saturated heterocycles. The molecule has 1 aliphatic rings. The van der Waals surface area contributed by atoms with Gasteiger partial charge in [0.2, 0.25) is 0 Å². The second-order valence-corrected chi connectivity index (χ2v) is 5.39. The van der Waals surface area contributed by atoms with Crippen molar-refractivity contribution in [3.63, 3.8) is 0 Å². The Bertz CT molecular complexity index is 585. The lowest BCUT2D eigenvalue weighted by molar-refractivity contribution is -0.291. The molecule has 20 heavy (non-hydrogen) atoms. The Balaban J connectivity index is 2.06. The number of aliphatic hydroxyl groups is 1. The minimum absolute atomic E-state index is 0.0293. The van der Waals surface area contributed by atoms with Gasteiger partial charge in [-0.1, -0.05) is 0 Å². The molecule has 1 aromatic heterocycles. The number of hydrogen-bond acceptors (Lipinski definition) is 8. The molecule has 2 rings (SSSR count). The summed E-state index contributed by atoms with van der Waals surface area (Å²) in [6.45, 7) is -0.562. The highest BCUT2D eigenvalue weighted by Gasteiger charge is 2.35. The van der Waals surface area contributed by atoms with Gasteiger partial charge in [-0.3, -0.25) is 9.97 Å². The van der Waals surface area contributed by atoms with E-state index in [0.717, 1.165) is 4.57 Å². The van der Waals surface area contributed by atoms with Gasteiger partial charge in [0.15, 0.2) is 0 Å². The molecule has 0 aromatic carbocycles. The van der Waals surface area contributed by atoms with E-state index >= 15 is 0 Å². The maximum atomic E-state index is 11.6. The third-order valence-corrected chi connectivity index (χ3v) is 3.22. The molecule has 2 heterocycles. The lowest BCUT2D eigenvalue weighted by Gasteiger charge is -2.22. The fourth-order valence-corrected chi connectivity index (χ4v) is 2.17. The number of nitrogens with zero attached hydrogens (tertiary/aromatic N) is 2. The van der Waals surface area contributed by atoms with E-state index < -0.39 is 38.9 Å². The number of phosphoric acid groups is 1. The normalized spacial score (nSPS) is 29.2. The Labute approximate surface area is 113 Å². The van der Waals surface area contributed by atoms with Crippen LogP contribution in [0, 0.1) is 5.41 Å². The van der Waals surface area contributed by atoms with Crippen LogP contribution in [-0.2, 0) is 13.8 Å². The summed E-state index contributed by atoms with van der Waals surface area (Å²) in [5.41, 5.74) is -0.197. The summed E-state index contributed by atoms with van der Waals surface area (Å²) < 4.78 is 21.0. The maximum absolute atomic E-state index is 11.6. The second-order valence-electron chi connectivity index (χ2n) is 4.20. The van der Waals surface area contributed by atoms with Crippen LogP contribution in [0.2, 0.25) is 0 Å². The van der Waals surface area contributed by atoms with Gasteiger partial charge in [-0.15, -0.1) is 0 Å². The molecule has 3 N–H and O–H groups in total. The molecule has 112 valence electrons. The van der Waals surface area contributed by atoms with Gasteiger partial charge in [0.25, 0.3) is 7.82 Å². The Hall–Kier alpha value is -1.29. The summed E-state index contributed by atoms with van der Waals surface area (Å²) in [4.78, 5) is 22.4. The predicted molar refractivity (Wildman–Crippen MR) is 57.8 cm³/mol. The van der Waals surface area contributed by atoms with Crippen LogP contribution < -0.4 is 15.5 Å². The average Bonchev–Trinajstić information content (AvgIpc) is 2.67. The van der Waals surface area contributed by atoms with Gasteiger partial charge in [0.05, 0.1) is 18.7 Å². The van der Waals surface area contributed by atoms with Crippen LogP contribution in [-0.4, -0.2) is 38.4 Å². The monoisotopic (exact) mass is 305 g/mol. The van der Waals surface area contributed by atoms with Crippen molar-refractivity contribution in [3.05, 3.63) is 17.8 Å². The number of nitrogens with one attached hydrogen (secondary N) is 1. The smallest absolute Gasteiger partial charge is 0.265 e. The molecule has 4 atom stereocenters. The van der Waals surface area contributed by atoms with E-state index in [0.29, 0.717) is 0 Å². The first kappa shape index (κ1) is 15.1. The van der Waals surface area contributed by atoms with Gasteiger partial charge < -0.3 is 33.8 Å². The minimum Gasteiger partial charge on any atom is -0.846 e. The number of hydrogen-bond donors (Lipinski definition) is 3. The van der Waals surface area contributed by atoms with E-state index in [4.69, 9.17) is 15.0 Å². The van der Waals surface area contributed by atoms with Crippen LogP contribution >= 0.6 is 7.82 Å². The number of aromatic nitrogens is 2. The van der Waals surface area contributed by atoms with E-state index in [1.807, 2.05) is 0 Å².